The predicted molar refractivity (Wildman–Crippen MR) is 96.8 cm³/mol. The first-order valence-electron chi connectivity index (χ1n) is 9.03. The van der Waals surface area contributed by atoms with Crippen molar-refractivity contribution in [3.63, 3.8) is 0 Å². The maximum absolute atomic E-state index is 13.2. The van der Waals surface area contributed by atoms with E-state index >= 15 is 0 Å². The van der Waals surface area contributed by atoms with Crippen molar-refractivity contribution in [1.29, 1.82) is 0 Å². The largest absolute Gasteiger partial charge is 0.343 e. The Morgan fingerprint density at radius 2 is 2.17 bits per heavy atom. The monoisotopic (exact) mass is 330 g/mol. The number of amides is 1. The molecule has 3 atom stereocenters. The molecule has 4 heteroatoms. The van der Waals surface area contributed by atoms with Crippen molar-refractivity contribution in [3.8, 4) is 0 Å². The van der Waals surface area contributed by atoms with Gasteiger partial charge in [0.2, 0.25) is 5.91 Å². The lowest BCUT2D eigenvalue weighted by Gasteiger charge is -2.40. The summed E-state index contributed by atoms with van der Waals surface area (Å²) in [6.45, 7) is 0. The van der Waals surface area contributed by atoms with E-state index in [0.29, 0.717) is 17.9 Å². The first kappa shape index (κ1) is 15.5. The Kier molecular flexibility index (Phi) is 4.12. The first-order valence-corrected chi connectivity index (χ1v) is 10.0. The van der Waals surface area contributed by atoms with Crippen LogP contribution in [-0.4, -0.2) is 40.6 Å². The summed E-state index contributed by atoms with van der Waals surface area (Å²) in [5.41, 5.74) is 1.19. The second kappa shape index (κ2) is 6.12. The minimum atomic E-state index is 0.0667. The van der Waals surface area contributed by atoms with Gasteiger partial charge >= 0.3 is 0 Å². The number of aliphatic imine (C=N–C) groups is 1. The van der Waals surface area contributed by atoms with E-state index in [2.05, 4.69) is 28.1 Å². The quantitative estimate of drug-likeness (QED) is 0.771. The molecule has 124 valence electrons. The zero-order valence-electron chi connectivity index (χ0n) is 13.9. The number of carbonyl (C=O) groups is 1. The maximum Gasteiger partial charge on any atom is 0.226 e. The third-order valence-corrected chi connectivity index (χ3v) is 7.95. The van der Waals surface area contributed by atoms with Gasteiger partial charge in [-0.25, -0.2) is 0 Å². The SMILES string of the molecule is CN(C(=O)C1CSC23CC=CC=C2N=CCC13)C1CCCCC1. The second-order valence-electron chi connectivity index (χ2n) is 7.39. The minimum Gasteiger partial charge on any atom is -0.343 e. The third kappa shape index (κ3) is 2.50. The number of rotatable bonds is 2. The van der Waals surface area contributed by atoms with Crippen LogP contribution in [0.5, 0.6) is 0 Å². The topological polar surface area (TPSA) is 32.7 Å². The van der Waals surface area contributed by atoms with E-state index in [1.807, 2.05) is 25.0 Å². The fourth-order valence-corrected chi connectivity index (χ4v) is 6.64. The van der Waals surface area contributed by atoms with Gasteiger partial charge in [0, 0.05) is 25.1 Å². The molecule has 3 nitrogen and oxygen atoms in total. The van der Waals surface area contributed by atoms with Gasteiger partial charge in [0.25, 0.3) is 0 Å². The molecule has 1 saturated heterocycles. The Morgan fingerprint density at radius 3 is 3.00 bits per heavy atom. The average molecular weight is 330 g/mol. The van der Waals surface area contributed by atoms with Gasteiger partial charge in [0.15, 0.2) is 0 Å². The van der Waals surface area contributed by atoms with Crippen LogP contribution >= 0.6 is 11.8 Å². The van der Waals surface area contributed by atoms with E-state index in [-0.39, 0.29) is 10.7 Å². The normalized spacial score (nSPS) is 36.3. The standard InChI is InChI=1S/C19H26N2OS/c1-21(14-7-3-2-4-8-14)18(22)15-13-23-19-11-6-5-9-17(19)20-12-10-16(15)19/h5-6,9,12,14-16H,2-4,7-8,10-11,13H2,1H3. The molecule has 0 N–H and O–H groups in total. The molecule has 4 rings (SSSR count). The number of hydrogen-bond acceptors (Lipinski definition) is 3. The van der Waals surface area contributed by atoms with Crippen LogP contribution in [-0.2, 0) is 4.79 Å². The lowest BCUT2D eigenvalue weighted by atomic mass is 9.73. The van der Waals surface area contributed by atoms with Crippen LogP contribution in [0.15, 0.2) is 28.9 Å². The van der Waals surface area contributed by atoms with Gasteiger partial charge < -0.3 is 4.90 Å². The summed E-state index contributed by atoms with van der Waals surface area (Å²) < 4.78 is 0.0667. The van der Waals surface area contributed by atoms with Gasteiger partial charge in [-0.1, -0.05) is 31.4 Å². The average Bonchev–Trinajstić information content (AvgIpc) is 2.99. The Bertz CT molecular complexity index is 576. The highest BCUT2D eigenvalue weighted by Gasteiger charge is 2.55. The minimum absolute atomic E-state index is 0.0667. The molecule has 3 unspecified atom stereocenters. The molecule has 0 bridgehead atoms. The lowest BCUT2D eigenvalue weighted by Crippen LogP contribution is -2.46. The van der Waals surface area contributed by atoms with E-state index in [1.54, 1.807) is 0 Å². The van der Waals surface area contributed by atoms with E-state index in [0.717, 1.165) is 18.6 Å². The fraction of sp³-hybridized carbons (Fsp3) is 0.684. The molecule has 4 aliphatic rings. The van der Waals surface area contributed by atoms with E-state index < -0.39 is 0 Å². The highest BCUT2D eigenvalue weighted by atomic mass is 32.2. The molecule has 0 radical (unpaired) electrons. The van der Waals surface area contributed by atoms with Crippen LogP contribution in [0.1, 0.15) is 44.9 Å². The van der Waals surface area contributed by atoms with Crippen LogP contribution < -0.4 is 0 Å². The van der Waals surface area contributed by atoms with Crippen molar-refractivity contribution in [2.75, 3.05) is 12.8 Å². The van der Waals surface area contributed by atoms with Gasteiger partial charge in [-0.05, 0) is 37.7 Å². The summed E-state index contributed by atoms with van der Waals surface area (Å²) in [5.74, 6) is 1.92. The molecule has 1 saturated carbocycles. The first-order chi connectivity index (χ1) is 11.2. The molecule has 1 spiro atoms. The summed E-state index contributed by atoms with van der Waals surface area (Å²) in [6.07, 6.45) is 16.8. The summed E-state index contributed by atoms with van der Waals surface area (Å²) in [5, 5.41) is 0. The Morgan fingerprint density at radius 1 is 1.35 bits per heavy atom. The van der Waals surface area contributed by atoms with E-state index in [4.69, 9.17) is 0 Å². The fourth-order valence-electron chi connectivity index (χ4n) is 4.83. The molecular weight excluding hydrogens is 304 g/mol. The molecule has 23 heavy (non-hydrogen) atoms. The highest BCUT2D eigenvalue weighted by molar-refractivity contribution is 8.01. The summed E-state index contributed by atoms with van der Waals surface area (Å²) in [6, 6.07) is 0.469. The summed E-state index contributed by atoms with van der Waals surface area (Å²) in [7, 11) is 2.04. The van der Waals surface area contributed by atoms with Gasteiger partial charge in [0.1, 0.15) is 0 Å². The molecule has 2 heterocycles. The van der Waals surface area contributed by atoms with Crippen LogP contribution in [0.25, 0.3) is 0 Å². The van der Waals surface area contributed by atoms with Gasteiger partial charge in [-0.15, -0.1) is 11.8 Å². The van der Waals surface area contributed by atoms with Crippen LogP contribution in [0, 0.1) is 11.8 Å². The summed E-state index contributed by atoms with van der Waals surface area (Å²) >= 11 is 1.98. The molecular formula is C19H26N2OS. The maximum atomic E-state index is 13.2. The van der Waals surface area contributed by atoms with Crippen molar-refractivity contribution < 1.29 is 4.79 Å². The Hall–Kier alpha value is -1.03. The molecule has 2 aliphatic carbocycles. The van der Waals surface area contributed by atoms with Crippen LogP contribution in [0.3, 0.4) is 0 Å². The predicted octanol–water partition coefficient (Wildman–Crippen LogP) is 3.81. The lowest BCUT2D eigenvalue weighted by molar-refractivity contribution is -0.137. The van der Waals surface area contributed by atoms with Gasteiger partial charge in [-0.3, -0.25) is 9.79 Å². The molecule has 0 aromatic rings. The molecule has 0 aromatic carbocycles. The van der Waals surface area contributed by atoms with Gasteiger partial charge in [-0.2, -0.15) is 0 Å². The number of allylic oxidation sites excluding steroid dienone is 3. The van der Waals surface area contributed by atoms with Crippen molar-refractivity contribution in [2.24, 2.45) is 16.8 Å². The highest BCUT2D eigenvalue weighted by Crippen LogP contribution is 2.57. The molecule has 2 aliphatic heterocycles. The Labute approximate surface area is 143 Å². The van der Waals surface area contributed by atoms with Crippen molar-refractivity contribution in [2.45, 2.75) is 55.7 Å². The van der Waals surface area contributed by atoms with Crippen LogP contribution in [0.2, 0.25) is 0 Å². The van der Waals surface area contributed by atoms with E-state index in [9.17, 15) is 4.79 Å². The number of thioether (sulfide) groups is 1. The smallest absolute Gasteiger partial charge is 0.226 e. The zero-order valence-corrected chi connectivity index (χ0v) is 14.7. The van der Waals surface area contributed by atoms with Crippen LogP contribution in [0.4, 0.5) is 0 Å². The Balaban J connectivity index is 1.54. The molecule has 0 aromatic heterocycles. The number of carbonyl (C=O) groups excluding carboxylic acids is 1. The zero-order chi connectivity index (χ0) is 15.9. The second-order valence-corrected chi connectivity index (χ2v) is 8.74. The molecule has 1 amide bonds. The number of hydrogen-bond donors (Lipinski definition) is 0. The third-order valence-electron chi connectivity index (χ3n) is 6.23. The molecule has 2 fully saturated rings. The van der Waals surface area contributed by atoms with E-state index in [1.165, 1.54) is 37.8 Å². The number of nitrogens with zero attached hydrogens (tertiary/aromatic N) is 2. The van der Waals surface area contributed by atoms with Gasteiger partial charge in [0.05, 0.1) is 16.4 Å². The van der Waals surface area contributed by atoms with Crippen molar-refractivity contribution >= 4 is 23.9 Å². The van der Waals surface area contributed by atoms with Crippen molar-refractivity contribution in [1.82, 2.24) is 4.90 Å². The van der Waals surface area contributed by atoms with Crippen molar-refractivity contribution in [3.05, 3.63) is 23.9 Å². The summed E-state index contributed by atoms with van der Waals surface area (Å²) in [4.78, 5) is 19.9.